The number of aryl methyl sites for hydroxylation is 1. The number of anilines is 1. The molecule has 0 spiro atoms. The fourth-order valence-electron chi connectivity index (χ4n) is 2.50. The standard InChI is InChI=1S/C14H22N2S/c1-3-17-13-8-5-7-12(10-13)16-14-9-4-6-11(2)15-14/h4,6,9,12-13H,3,5,7-8,10H2,1-2H3,(H,15,16). The maximum absolute atomic E-state index is 4.52. The molecule has 0 saturated heterocycles. The largest absolute Gasteiger partial charge is 0.367 e. The summed E-state index contributed by atoms with van der Waals surface area (Å²) in [6.07, 6.45) is 5.31. The normalized spacial score (nSPS) is 24.6. The third-order valence-corrected chi connectivity index (χ3v) is 4.50. The van der Waals surface area contributed by atoms with Gasteiger partial charge in [0.25, 0.3) is 0 Å². The third-order valence-electron chi connectivity index (χ3n) is 3.27. The number of hydrogen-bond acceptors (Lipinski definition) is 3. The van der Waals surface area contributed by atoms with E-state index < -0.39 is 0 Å². The SMILES string of the molecule is CCSC1CCCC(Nc2cccc(C)n2)C1. The molecule has 2 nitrogen and oxygen atoms in total. The zero-order valence-corrected chi connectivity index (χ0v) is 11.6. The van der Waals surface area contributed by atoms with Crippen molar-refractivity contribution < 1.29 is 0 Å². The Morgan fingerprint density at radius 2 is 2.29 bits per heavy atom. The van der Waals surface area contributed by atoms with Crippen LogP contribution in [0.2, 0.25) is 0 Å². The molecular formula is C14H22N2S. The Morgan fingerprint density at radius 1 is 1.41 bits per heavy atom. The van der Waals surface area contributed by atoms with Crippen molar-refractivity contribution in [1.29, 1.82) is 0 Å². The van der Waals surface area contributed by atoms with E-state index in [-0.39, 0.29) is 0 Å². The Kier molecular flexibility index (Phi) is 4.72. The first-order valence-corrected chi connectivity index (χ1v) is 7.64. The molecule has 0 aliphatic heterocycles. The third kappa shape index (κ3) is 3.91. The van der Waals surface area contributed by atoms with Crippen LogP contribution in [0.3, 0.4) is 0 Å². The van der Waals surface area contributed by atoms with Crippen molar-refractivity contribution in [3.63, 3.8) is 0 Å². The van der Waals surface area contributed by atoms with E-state index in [1.165, 1.54) is 31.4 Å². The van der Waals surface area contributed by atoms with Crippen LogP contribution in [-0.2, 0) is 0 Å². The highest BCUT2D eigenvalue weighted by atomic mass is 32.2. The number of thioether (sulfide) groups is 1. The minimum Gasteiger partial charge on any atom is -0.367 e. The highest BCUT2D eigenvalue weighted by molar-refractivity contribution is 7.99. The molecule has 1 fully saturated rings. The lowest BCUT2D eigenvalue weighted by Crippen LogP contribution is -2.29. The Balaban J connectivity index is 1.90. The van der Waals surface area contributed by atoms with Crippen LogP contribution < -0.4 is 5.32 Å². The molecule has 1 N–H and O–H groups in total. The average molecular weight is 250 g/mol. The van der Waals surface area contributed by atoms with Crippen molar-refractivity contribution in [2.24, 2.45) is 0 Å². The van der Waals surface area contributed by atoms with Gasteiger partial charge in [0.1, 0.15) is 5.82 Å². The quantitative estimate of drug-likeness (QED) is 0.878. The summed E-state index contributed by atoms with van der Waals surface area (Å²) >= 11 is 2.11. The number of rotatable bonds is 4. The predicted octanol–water partition coefficient (Wildman–Crippen LogP) is 3.87. The van der Waals surface area contributed by atoms with Crippen LogP contribution in [0.4, 0.5) is 5.82 Å². The molecule has 0 radical (unpaired) electrons. The lowest BCUT2D eigenvalue weighted by Gasteiger charge is -2.29. The molecule has 3 heteroatoms. The van der Waals surface area contributed by atoms with E-state index in [1.54, 1.807) is 0 Å². The van der Waals surface area contributed by atoms with E-state index in [0.717, 1.165) is 16.8 Å². The highest BCUT2D eigenvalue weighted by Gasteiger charge is 2.21. The zero-order valence-electron chi connectivity index (χ0n) is 10.8. The zero-order chi connectivity index (χ0) is 12.1. The minimum atomic E-state index is 0.613. The van der Waals surface area contributed by atoms with E-state index in [9.17, 15) is 0 Å². The van der Waals surface area contributed by atoms with Gasteiger partial charge >= 0.3 is 0 Å². The maximum atomic E-state index is 4.52. The maximum Gasteiger partial charge on any atom is 0.126 e. The number of aromatic nitrogens is 1. The Bertz CT molecular complexity index is 352. The molecule has 0 aromatic carbocycles. The highest BCUT2D eigenvalue weighted by Crippen LogP contribution is 2.29. The Labute approximate surface area is 109 Å². The predicted molar refractivity (Wildman–Crippen MR) is 76.8 cm³/mol. The molecule has 1 aliphatic rings. The van der Waals surface area contributed by atoms with Gasteiger partial charge in [-0.2, -0.15) is 11.8 Å². The Hall–Kier alpha value is -0.700. The lowest BCUT2D eigenvalue weighted by molar-refractivity contribution is 0.472. The number of nitrogens with one attached hydrogen (secondary N) is 1. The fraction of sp³-hybridized carbons (Fsp3) is 0.643. The molecule has 1 saturated carbocycles. The van der Waals surface area contributed by atoms with Gasteiger partial charge in [-0.3, -0.25) is 0 Å². The van der Waals surface area contributed by atoms with Gasteiger partial charge in [0, 0.05) is 17.0 Å². The number of nitrogens with zero attached hydrogens (tertiary/aromatic N) is 1. The first-order valence-electron chi connectivity index (χ1n) is 6.59. The second-order valence-electron chi connectivity index (χ2n) is 4.75. The van der Waals surface area contributed by atoms with Gasteiger partial charge in [0.2, 0.25) is 0 Å². The van der Waals surface area contributed by atoms with Crippen LogP contribution in [0.1, 0.15) is 38.3 Å². The monoisotopic (exact) mass is 250 g/mol. The van der Waals surface area contributed by atoms with Crippen molar-refractivity contribution in [3.8, 4) is 0 Å². The van der Waals surface area contributed by atoms with Crippen LogP contribution in [0, 0.1) is 6.92 Å². The average Bonchev–Trinajstić information content (AvgIpc) is 2.30. The Morgan fingerprint density at radius 3 is 3.06 bits per heavy atom. The summed E-state index contributed by atoms with van der Waals surface area (Å²) in [6.45, 7) is 4.30. The van der Waals surface area contributed by atoms with Crippen LogP contribution in [0.15, 0.2) is 18.2 Å². The molecule has 94 valence electrons. The molecule has 1 aliphatic carbocycles. The van der Waals surface area contributed by atoms with Gasteiger partial charge in [0.15, 0.2) is 0 Å². The summed E-state index contributed by atoms with van der Waals surface area (Å²) in [6, 6.07) is 6.80. The van der Waals surface area contributed by atoms with Gasteiger partial charge in [-0.25, -0.2) is 4.98 Å². The first-order chi connectivity index (χ1) is 8.28. The van der Waals surface area contributed by atoms with Crippen molar-refractivity contribution in [1.82, 2.24) is 4.98 Å². The molecule has 2 rings (SSSR count). The molecule has 0 bridgehead atoms. The van der Waals surface area contributed by atoms with Gasteiger partial charge in [-0.1, -0.05) is 19.4 Å². The van der Waals surface area contributed by atoms with Crippen LogP contribution >= 0.6 is 11.8 Å². The second kappa shape index (κ2) is 6.29. The minimum absolute atomic E-state index is 0.613. The summed E-state index contributed by atoms with van der Waals surface area (Å²) in [5.41, 5.74) is 1.09. The van der Waals surface area contributed by atoms with E-state index in [0.29, 0.717) is 6.04 Å². The van der Waals surface area contributed by atoms with Crippen molar-refractivity contribution >= 4 is 17.6 Å². The van der Waals surface area contributed by atoms with Crippen LogP contribution in [0.25, 0.3) is 0 Å². The van der Waals surface area contributed by atoms with Crippen molar-refractivity contribution in [3.05, 3.63) is 23.9 Å². The van der Waals surface area contributed by atoms with E-state index in [1.807, 2.05) is 13.0 Å². The molecule has 1 aromatic rings. The van der Waals surface area contributed by atoms with Gasteiger partial charge in [0.05, 0.1) is 0 Å². The van der Waals surface area contributed by atoms with Gasteiger partial charge in [-0.15, -0.1) is 0 Å². The number of hydrogen-bond donors (Lipinski definition) is 1. The van der Waals surface area contributed by atoms with E-state index in [2.05, 4.69) is 41.1 Å². The second-order valence-corrected chi connectivity index (χ2v) is 6.33. The molecule has 1 heterocycles. The van der Waals surface area contributed by atoms with Crippen LogP contribution in [-0.4, -0.2) is 22.0 Å². The summed E-state index contributed by atoms with van der Waals surface area (Å²) in [4.78, 5) is 4.52. The van der Waals surface area contributed by atoms with Crippen LogP contribution in [0.5, 0.6) is 0 Å². The van der Waals surface area contributed by atoms with Gasteiger partial charge in [-0.05, 0) is 44.1 Å². The van der Waals surface area contributed by atoms with Crippen molar-refractivity contribution in [2.75, 3.05) is 11.1 Å². The number of pyridine rings is 1. The fourth-order valence-corrected chi connectivity index (χ4v) is 3.67. The molecule has 17 heavy (non-hydrogen) atoms. The first kappa shape index (κ1) is 12.7. The molecule has 1 aromatic heterocycles. The summed E-state index contributed by atoms with van der Waals surface area (Å²) in [5, 5.41) is 4.43. The van der Waals surface area contributed by atoms with Gasteiger partial charge < -0.3 is 5.32 Å². The van der Waals surface area contributed by atoms with Crippen molar-refractivity contribution in [2.45, 2.75) is 50.8 Å². The van der Waals surface area contributed by atoms with E-state index in [4.69, 9.17) is 0 Å². The lowest BCUT2D eigenvalue weighted by atomic mass is 9.95. The molecule has 0 amide bonds. The van der Waals surface area contributed by atoms with E-state index >= 15 is 0 Å². The summed E-state index contributed by atoms with van der Waals surface area (Å²) in [5.74, 6) is 2.28. The molecule has 2 atom stereocenters. The smallest absolute Gasteiger partial charge is 0.126 e. The topological polar surface area (TPSA) is 24.9 Å². The summed E-state index contributed by atoms with van der Waals surface area (Å²) in [7, 11) is 0. The molecule has 2 unspecified atom stereocenters. The molecular weight excluding hydrogens is 228 g/mol. The summed E-state index contributed by atoms with van der Waals surface area (Å²) < 4.78 is 0.